The molecule has 3 N–H and O–H groups in total. The predicted molar refractivity (Wildman–Crippen MR) is 80.3 cm³/mol. The lowest BCUT2D eigenvalue weighted by Gasteiger charge is -2.20. The fraction of sp³-hybridized carbons (Fsp3) is 0.429. The first-order valence-corrected chi connectivity index (χ1v) is 6.65. The molecule has 0 saturated heterocycles. The second-order valence-electron chi connectivity index (χ2n) is 4.81. The molecule has 0 saturated carbocycles. The molecule has 6 heteroatoms. The zero-order valence-electron chi connectivity index (χ0n) is 12.1. The number of carbonyl (C=O) groups is 1. The molecule has 0 fully saturated rings. The number of amidine groups is 1. The van der Waals surface area contributed by atoms with Crippen LogP contribution in [0.5, 0.6) is 0 Å². The summed E-state index contributed by atoms with van der Waals surface area (Å²) in [5.41, 5.74) is 2.21. The third-order valence-corrected chi connectivity index (χ3v) is 3.47. The van der Waals surface area contributed by atoms with Gasteiger partial charge in [0.1, 0.15) is 5.84 Å². The van der Waals surface area contributed by atoms with E-state index in [4.69, 9.17) is 17.0 Å². The highest BCUT2D eigenvalue weighted by molar-refractivity contribution is 6.34. The van der Waals surface area contributed by atoms with Crippen LogP contribution in [-0.2, 0) is 4.79 Å². The number of hydrogen-bond acceptors (Lipinski definition) is 4. The Hall–Kier alpha value is -1.59. The van der Waals surface area contributed by atoms with E-state index in [1.165, 1.54) is 13.0 Å². The monoisotopic (exact) mass is 297 g/mol. The largest absolute Gasteiger partial charge is 0.391 e. The molecule has 0 aliphatic carbocycles. The maximum Gasteiger partial charge on any atom is 0.258 e. The van der Waals surface area contributed by atoms with Crippen molar-refractivity contribution in [1.29, 1.82) is 5.41 Å². The van der Waals surface area contributed by atoms with Crippen LogP contribution in [0, 0.1) is 5.41 Å². The minimum atomic E-state index is -1.27. The molecule has 0 radical (unpaired) electrons. The van der Waals surface area contributed by atoms with Crippen LogP contribution in [-0.4, -0.2) is 35.0 Å². The Morgan fingerprint density at radius 2 is 2.15 bits per heavy atom. The van der Waals surface area contributed by atoms with E-state index in [-0.39, 0.29) is 16.4 Å². The smallest absolute Gasteiger partial charge is 0.258 e. The van der Waals surface area contributed by atoms with E-state index in [0.717, 1.165) is 16.2 Å². The molecule has 0 bridgehead atoms. The van der Waals surface area contributed by atoms with Crippen molar-refractivity contribution in [2.24, 2.45) is 0 Å². The number of halogens is 1. The Kier molecular flexibility index (Phi) is 5.53. The molecular formula is C14H20ClN3O2. The van der Waals surface area contributed by atoms with Crippen LogP contribution in [0.3, 0.4) is 0 Å². The topological polar surface area (TPSA) is 76.4 Å². The van der Waals surface area contributed by atoms with E-state index in [9.17, 15) is 9.90 Å². The highest BCUT2D eigenvalue weighted by Gasteiger charge is 2.37. The zero-order chi connectivity index (χ0) is 15.4. The number of rotatable bonds is 4. The number of hydrogen-bond donors (Lipinski definition) is 3. The molecule has 5 nitrogen and oxygen atoms in total. The van der Waals surface area contributed by atoms with Gasteiger partial charge in [-0.15, -0.1) is 0 Å². The van der Waals surface area contributed by atoms with Crippen molar-refractivity contribution in [3.05, 3.63) is 34.0 Å². The minimum Gasteiger partial charge on any atom is -0.391 e. The SMILES string of the molecule is CN/C(=C\C(=N)N1C(=O)C(C)=C(Cl)C1O)CC=C(C)C. The van der Waals surface area contributed by atoms with E-state index in [0.29, 0.717) is 6.42 Å². The molecule has 1 unspecified atom stereocenters. The first-order chi connectivity index (χ1) is 9.29. The standard InChI is InChI=1S/C14H20ClN3O2/c1-8(2)5-6-10(17-4)7-11(16)18-13(19)9(3)12(15)14(18)20/h5,7,14,16-17,20H,6H2,1-4H3/b10-7-,16-11?. The van der Waals surface area contributed by atoms with Crippen LogP contribution in [0.4, 0.5) is 0 Å². The Bertz CT molecular complexity index is 517. The summed E-state index contributed by atoms with van der Waals surface area (Å²) in [4.78, 5) is 12.9. The van der Waals surface area contributed by atoms with Crippen LogP contribution < -0.4 is 5.32 Å². The number of aliphatic hydroxyl groups excluding tert-OH is 1. The van der Waals surface area contributed by atoms with Crippen LogP contribution in [0.15, 0.2) is 34.0 Å². The quantitative estimate of drug-likeness (QED) is 0.422. The third-order valence-electron chi connectivity index (χ3n) is 2.99. The van der Waals surface area contributed by atoms with Gasteiger partial charge < -0.3 is 10.4 Å². The molecule has 1 aliphatic rings. The molecule has 0 aromatic rings. The summed E-state index contributed by atoms with van der Waals surface area (Å²) < 4.78 is 0. The summed E-state index contributed by atoms with van der Waals surface area (Å²) in [6.45, 7) is 5.51. The maximum atomic E-state index is 11.9. The van der Waals surface area contributed by atoms with E-state index >= 15 is 0 Å². The highest BCUT2D eigenvalue weighted by Crippen LogP contribution is 2.27. The van der Waals surface area contributed by atoms with Gasteiger partial charge in [-0.25, -0.2) is 0 Å². The normalized spacial score (nSPS) is 19.5. The second kappa shape index (κ2) is 6.72. The van der Waals surface area contributed by atoms with Crippen LogP contribution in [0.1, 0.15) is 27.2 Å². The number of carbonyl (C=O) groups excluding carboxylic acids is 1. The summed E-state index contributed by atoms with van der Waals surface area (Å²) in [5.74, 6) is -0.537. The Morgan fingerprint density at radius 3 is 2.55 bits per heavy atom. The van der Waals surface area contributed by atoms with E-state index in [2.05, 4.69) is 5.32 Å². The summed E-state index contributed by atoms with van der Waals surface area (Å²) in [6.07, 6.45) is 2.88. The first-order valence-electron chi connectivity index (χ1n) is 6.27. The lowest BCUT2D eigenvalue weighted by Crippen LogP contribution is -2.39. The fourth-order valence-electron chi connectivity index (χ4n) is 1.72. The fourth-order valence-corrected chi connectivity index (χ4v) is 1.90. The lowest BCUT2D eigenvalue weighted by molar-refractivity contribution is -0.126. The number of aliphatic hydroxyl groups is 1. The minimum absolute atomic E-state index is 0.0726. The Balaban J connectivity index is 2.91. The molecule has 1 aliphatic heterocycles. The van der Waals surface area contributed by atoms with Crippen molar-refractivity contribution in [3.63, 3.8) is 0 Å². The average Bonchev–Trinajstić information content (AvgIpc) is 2.58. The van der Waals surface area contributed by atoms with Gasteiger partial charge in [0.25, 0.3) is 5.91 Å². The molecule has 1 heterocycles. The molecule has 20 heavy (non-hydrogen) atoms. The summed E-state index contributed by atoms with van der Waals surface area (Å²) in [6, 6.07) is 0. The molecule has 0 aromatic carbocycles. The number of nitrogens with one attached hydrogen (secondary N) is 2. The number of nitrogens with zero attached hydrogens (tertiary/aromatic N) is 1. The van der Waals surface area contributed by atoms with Gasteiger partial charge in [0.05, 0.1) is 5.03 Å². The van der Waals surface area contributed by atoms with Crippen molar-refractivity contribution in [2.45, 2.75) is 33.4 Å². The molecule has 110 valence electrons. The summed E-state index contributed by atoms with van der Waals surface area (Å²) >= 11 is 5.84. The molecule has 1 atom stereocenters. The zero-order valence-corrected chi connectivity index (χ0v) is 12.9. The average molecular weight is 298 g/mol. The van der Waals surface area contributed by atoms with Crippen molar-refractivity contribution < 1.29 is 9.90 Å². The molecular weight excluding hydrogens is 278 g/mol. The molecule has 0 spiro atoms. The van der Waals surface area contributed by atoms with Gasteiger partial charge >= 0.3 is 0 Å². The second-order valence-corrected chi connectivity index (χ2v) is 5.22. The third kappa shape index (κ3) is 3.49. The van der Waals surface area contributed by atoms with Crippen molar-refractivity contribution in [1.82, 2.24) is 10.2 Å². The van der Waals surface area contributed by atoms with Gasteiger partial charge in [0.15, 0.2) is 6.23 Å². The van der Waals surface area contributed by atoms with Crippen molar-refractivity contribution in [3.8, 4) is 0 Å². The number of amides is 1. The predicted octanol–water partition coefficient (Wildman–Crippen LogP) is 2.10. The van der Waals surface area contributed by atoms with Gasteiger partial charge in [0.2, 0.25) is 0 Å². The van der Waals surface area contributed by atoms with Crippen LogP contribution in [0.2, 0.25) is 0 Å². The maximum absolute atomic E-state index is 11.9. The van der Waals surface area contributed by atoms with Gasteiger partial charge in [-0.3, -0.25) is 15.1 Å². The molecule has 1 rings (SSSR count). The van der Waals surface area contributed by atoms with Gasteiger partial charge in [-0.05, 0) is 26.8 Å². The summed E-state index contributed by atoms with van der Waals surface area (Å²) in [5, 5.41) is 20.9. The van der Waals surface area contributed by atoms with Crippen LogP contribution in [0.25, 0.3) is 0 Å². The first kappa shape index (κ1) is 16.5. The highest BCUT2D eigenvalue weighted by atomic mass is 35.5. The molecule has 1 amide bonds. The van der Waals surface area contributed by atoms with Gasteiger partial charge in [0, 0.05) is 24.7 Å². The van der Waals surface area contributed by atoms with Crippen LogP contribution >= 0.6 is 11.6 Å². The number of allylic oxidation sites excluding steroid dienone is 2. The van der Waals surface area contributed by atoms with Crippen molar-refractivity contribution in [2.75, 3.05) is 7.05 Å². The van der Waals surface area contributed by atoms with E-state index in [1.807, 2.05) is 19.9 Å². The van der Waals surface area contributed by atoms with E-state index < -0.39 is 12.1 Å². The van der Waals surface area contributed by atoms with Crippen molar-refractivity contribution >= 4 is 23.3 Å². The Labute approximate surface area is 124 Å². The molecule has 0 aromatic heterocycles. The van der Waals surface area contributed by atoms with Gasteiger partial charge in [-0.1, -0.05) is 23.3 Å². The summed E-state index contributed by atoms with van der Waals surface area (Å²) in [7, 11) is 1.75. The Morgan fingerprint density at radius 1 is 1.55 bits per heavy atom. The van der Waals surface area contributed by atoms with E-state index in [1.54, 1.807) is 7.05 Å². The lowest BCUT2D eigenvalue weighted by atomic mass is 10.2. The van der Waals surface area contributed by atoms with Gasteiger partial charge in [-0.2, -0.15) is 0 Å².